The Kier molecular flexibility index (Phi) is 5.35. The molecular weight excluding hydrogens is 418 g/mol. The van der Waals surface area contributed by atoms with Crippen LogP contribution in [0.4, 0.5) is 5.69 Å². The first-order valence-electron chi connectivity index (χ1n) is 9.24. The number of anilines is 1. The van der Waals surface area contributed by atoms with Crippen LogP contribution < -0.4 is 9.46 Å². The fraction of sp³-hybridized carbons (Fsp3) is 0.0909. The molecule has 0 saturated carbocycles. The van der Waals surface area contributed by atoms with Crippen molar-refractivity contribution in [1.82, 2.24) is 9.55 Å². The molecule has 0 aliphatic carbocycles. The molecule has 0 bridgehead atoms. The number of nitrogens with one attached hydrogen (secondary N) is 1. The highest BCUT2D eigenvalue weighted by Crippen LogP contribution is 2.26. The highest BCUT2D eigenvalue weighted by Gasteiger charge is 2.20. The van der Waals surface area contributed by atoms with Crippen LogP contribution in [0.3, 0.4) is 0 Å². The van der Waals surface area contributed by atoms with E-state index in [0.717, 1.165) is 16.7 Å². The summed E-state index contributed by atoms with van der Waals surface area (Å²) in [6, 6.07) is 18.6. The van der Waals surface area contributed by atoms with Gasteiger partial charge in [0.2, 0.25) is 0 Å². The Bertz CT molecular complexity index is 1380. The second-order valence-electron chi connectivity index (χ2n) is 6.61. The average Bonchev–Trinajstić information content (AvgIpc) is 3.22. The molecule has 0 fully saturated rings. The van der Waals surface area contributed by atoms with Crippen LogP contribution in [-0.2, 0) is 14.8 Å². The topological polar surface area (TPSA) is 99.5 Å². The molecule has 1 N–H and O–H groups in total. The molecule has 0 saturated heterocycles. The SMILES string of the molecule is COC(=O)c1ccc(S(=O)(=O)Nc2cccc(-n3cnc4ccccc43)c2)cc1OC. The molecule has 4 aromatic rings. The van der Waals surface area contributed by atoms with E-state index < -0.39 is 16.0 Å². The number of ether oxygens (including phenoxy) is 2. The van der Waals surface area contributed by atoms with Gasteiger partial charge >= 0.3 is 5.97 Å². The molecule has 158 valence electrons. The number of carbonyl (C=O) groups is 1. The molecule has 3 aromatic carbocycles. The fourth-order valence-electron chi connectivity index (χ4n) is 3.22. The van der Waals surface area contributed by atoms with Gasteiger partial charge in [0.1, 0.15) is 17.6 Å². The number of esters is 1. The molecule has 0 atom stereocenters. The summed E-state index contributed by atoms with van der Waals surface area (Å²) < 4.78 is 40.1. The normalized spacial score (nSPS) is 11.3. The minimum Gasteiger partial charge on any atom is -0.496 e. The Balaban J connectivity index is 1.66. The van der Waals surface area contributed by atoms with E-state index in [1.807, 2.05) is 34.9 Å². The van der Waals surface area contributed by atoms with E-state index in [1.54, 1.807) is 24.5 Å². The van der Waals surface area contributed by atoms with Gasteiger partial charge in [-0.15, -0.1) is 0 Å². The van der Waals surface area contributed by atoms with Crippen LogP contribution in [0.1, 0.15) is 10.4 Å². The number of nitrogens with zero attached hydrogens (tertiary/aromatic N) is 2. The van der Waals surface area contributed by atoms with Gasteiger partial charge in [-0.2, -0.15) is 0 Å². The number of aromatic nitrogens is 2. The predicted molar refractivity (Wildman–Crippen MR) is 116 cm³/mol. The van der Waals surface area contributed by atoms with Gasteiger partial charge in [0, 0.05) is 11.8 Å². The quantitative estimate of drug-likeness (QED) is 0.463. The standard InChI is InChI=1S/C22H19N3O5S/c1-29-21-13-17(10-11-18(21)22(26)30-2)31(27,28)24-15-6-5-7-16(12-15)25-14-23-19-8-3-4-9-20(19)25/h3-14,24H,1-2H3. The third-order valence-electron chi connectivity index (χ3n) is 4.72. The molecule has 4 rings (SSSR count). The third-order valence-corrected chi connectivity index (χ3v) is 6.10. The number of methoxy groups -OCH3 is 2. The van der Waals surface area contributed by atoms with E-state index in [9.17, 15) is 13.2 Å². The fourth-order valence-corrected chi connectivity index (χ4v) is 4.28. The first-order chi connectivity index (χ1) is 14.9. The summed E-state index contributed by atoms with van der Waals surface area (Å²) in [7, 11) is -1.34. The lowest BCUT2D eigenvalue weighted by molar-refractivity contribution is 0.0597. The van der Waals surface area contributed by atoms with Gasteiger partial charge in [0.25, 0.3) is 10.0 Å². The first-order valence-corrected chi connectivity index (χ1v) is 10.7. The lowest BCUT2D eigenvalue weighted by Crippen LogP contribution is -2.14. The predicted octanol–water partition coefficient (Wildman–Crippen LogP) is 3.62. The number of hydrogen-bond acceptors (Lipinski definition) is 6. The van der Waals surface area contributed by atoms with Crippen molar-refractivity contribution in [3.8, 4) is 11.4 Å². The molecule has 8 nitrogen and oxygen atoms in total. The highest BCUT2D eigenvalue weighted by molar-refractivity contribution is 7.92. The third kappa shape index (κ3) is 3.95. The Morgan fingerprint density at radius 2 is 1.81 bits per heavy atom. The number of rotatable bonds is 6. The molecule has 31 heavy (non-hydrogen) atoms. The Labute approximate surface area is 179 Å². The van der Waals surface area contributed by atoms with E-state index in [2.05, 4.69) is 14.4 Å². The van der Waals surface area contributed by atoms with Gasteiger partial charge in [-0.25, -0.2) is 18.2 Å². The molecule has 1 aromatic heterocycles. The molecule has 0 amide bonds. The maximum absolute atomic E-state index is 12.9. The Morgan fingerprint density at radius 3 is 2.58 bits per heavy atom. The molecule has 0 unspecified atom stereocenters. The molecule has 1 heterocycles. The lowest BCUT2D eigenvalue weighted by atomic mass is 10.2. The molecule has 0 spiro atoms. The highest BCUT2D eigenvalue weighted by atomic mass is 32.2. The summed E-state index contributed by atoms with van der Waals surface area (Å²) >= 11 is 0. The molecule has 0 aliphatic rings. The maximum Gasteiger partial charge on any atom is 0.341 e. The van der Waals surface area contributed by atoms with Crippen molar-refractivity contribution in [3.05, 3.63) is 78.6 Å². The van der Waals surface area contributed by atoms with Crippen LogP contribution >= 0.6 is 0 Å². The number of fused-ring (bicyclic) bond motifs is 1. The van der Waals surface area contributed by atoms with E-state index in [4.69, 9.17) is 4.74 Å². The van der Waals surface area contributed by atoms with Gasteiger partial charge in [-0.1, -0.05) is 18.2 Å². The zero-order valence-electron chi connectivity index (χ0n) is 16.8. The zero-order valence-corrected chi connectivity index (χ0v) is 17.6. The minimum atomic E-state index is -3.93. The van der Waals surface area contributed by atoms with Crippen LogP contribution in [0, 0.1) is 0 Å². The van der Waals surface area contributed by atoms with Gasteiger partial charge in [0.05, 0.1) is 35.8 Å². The van der Waals surface area contributed by atoms with Crippen molar-refractivity contribution >= 4 is 32.7 Å². The number of carbonyl (C=O) groups excluding carboxylic acids is 1. The van der Waals surface area contributed by atoms with Crippen molar-refractivity contribution in [3.63, 3.8) is 0 Å². The molecule has 0 aliphatic heterocycles. The number of imidazole rings is 1. The van der Waals surface area contributed by atoms with Crippen molar-refractivity contribution in [2.75, 3.05) is 18.9 Å². The maximum atomic E-state index is 12.9. The van der Waals surface area contributed by atoms with Crippen LogP contribution in [-0.4, -0.2) is 38.2 Å². The lowest BCUT2D eigenvalue weighted by Gasteiger charge is -2.12. The Morgan fingerprint density at radius 1 is 1.00 bits per heavy atom. The number of sulfonamides is 1. The molecule has 9 heteroatoms. The van der Waals surface area contributed by atoms with E-state index in [1.165, 1.54) is 32.4 Å². The minimum absolute atomic E-state index is 0.0458. The largest absolute Gasteiger partial charge is 0.496 e. The van der Waals surface area contributed by atoms with Crippen molar-refractivity contribution in [1.29, 1.82) is 0 Å². The van der Waals surface area contributed by atoms with Gasteiger partial charge in [-0.3, -0.25) is 9.29 Å². The molecular formula is C22H19N3O5S. The van der Waals surface area contributed by atoms with Gasteiger partial charge in [-0.05, 0) is 42.5 Å². The Hall–Kier alpha value is -3.85. The van der Waals surface area contributed by atoms with Crippen LogP contribution in [0.5, 0.6) is 5.75 Å². The summed E-state index contributed by atoms with van der Waals surface area (Å²) in [6.45, 7) is 0. The number of para-hydroxylation sites is 2. The second kappa shape index (κ2) is 8.11. The van der Waals surface area contributed by atoms with Crippen LogP contribution in [0.15, 0.2) is 78.0 Å². The molecule has 0 radical (unpaired) electrons. The summed E-state index contributed by atoms with van der Waals surface area (Å²) in [5, 5.41) is 0. The van der Waals surface area contributed by atoms with E-state index in [0.29, 0.717) is 5.69 Å². The number of hydrogen-bond donors (Lipinski definition) is 1. The summed E-state index contributed by atoms with van der Waals surface area (Å²) in [4.78, 5) is 16.1. The number of benzene rings is 3. The van der Waals surface area contributed by atoms with E-state index >= 15 is 0 Å². The average molecular weight is 437 g/mol. The summed E-state index contributed by atoms with van der Waals surface area (Å²) in [5.74, 6) is -0.512. The van der Waals surface area contributed by atoms with E-state index in [-0.39, 0.29) is 16.2 Å². The van der Waals surface area contributed by atoms with Crippen LogP contribution in [0.25, 0.3) is 16.7 Å². The van der Waals surface area contributed by atoms with Crippen molar-refractivity contribution in [2.45, 2.75) is 4.90 Å². The van der Waals surface area contributed by atoms with Crippen molar-refractivity contribution in [2.24, 2.45) is 0 Å². The first kappa shape index (κ1) is 20.4. The van der Waals surface area contributed by atoms with Gasteiger partial charge < -0.3 is 9.47 Å². The monoisotopic (exact) mass is 437 g/mol. The smallest absolute Gasteiger partial charge is 0.341 e. The van der Waals surface area contributed by atoms with Gasteiger partial charge in [0.15, 0.2) is 0 Å². The summed E-state index contributed by atoms with van der Waals surface area (Å²) in [6.07, 6.45) is 1.69. The van der Waals surface area contributed by atoms with Crippen molar-refractivity contribution < 1.29 is 22.7 Å². The zero-order chi connectivity index (χ0) is 22.0. The summed E-state index contributed by atoms with van der Waals surface area (Å²) in [5.41, 5.74) is 3.02. The second-order valence-corrected chi connectivity index (χ2v) is 8.30. The van der Waals surface area contributed by atoms with Crippen LogP contribution in [0.2, 0.25) is 0 Å².